The molecule has 0 aliphatic carbocycles. The summed E-state index contributed by atoms with van der Waals surface area (Å²) in [5.41, 5.74) is 2.08. The van der Waals surface area contributed by atoms with Crippen molar-refractivity contribution in [3.8, 4) is 0 Å². The van der Waals surface area contributed by atoms with Gasteiger partial charge < -0.3 is 15.1 Å². The predicted molar refractivity (Wildman–Crippen MR) is 82.0 cm³/mol. The van der Waals surface area contributed by atoms with Crippen molar-refractivity contribution in [1.82, 2.24) is 24.3 Å². The first kappa shape index (κ1) is 14.2. The minimum Gasteiger partial charge on any atom is -0.406 e. The highest BCUT2D eigenvalue weighted by Crippen LogP contribution is 2.32. The zero-order valence-corrected chi connectivity index (χ0v) is 13.0. The molecule has 3 aromatic rings. The fourth-order valence-electron chi connectivity index (χ4n) is 1.72. The van der Waals surface area contributed by atoms with Crippen molar-refractivity contribution in [1.29, 1.82) is 0 Å². The monoisotopic (exact) mass is 324 g/mol. The summed E-state index contributed by atoms with van der Waals surface area (Å²) in [7, 11) is 0. The van der Waals surface area contributed by atoms with E-state index in [0.29, 0.717) is 34.7 Å². The fraction of sp³-hybridized carbons (Fsp3) is 0.333. The molecular formula is C12H13ClN6OS. The van der Waals surface area contributed by atoms with Crippen molar-refractivity contribution < 1.29 is 4.42 Å². The largest absolute Gasteiger partial charge is 0.406 e. The summed E-state index contributed by atoms with van der Waals surface area (Å²) in [5.74, 6) is 0.505. The third-order valence-corrected chi connectivity index (χ3v) is 3.59. The van der Waals surface area contributed by atoms with Gasteiger partial charge >= 0.3 is 6.01 Å². The molecule has 110 valence electrons. The van der Waals surface area contributed by atoms with Crippen LogP contribution in [0.3, 0.4) is 0 Å². The number of benzene rings is 1. The van der Waals surface area contributed by atoms with Gasteiger partial charge in [0.25, 0.3) is 0 Å². The first-order valence-corrected chi connectivity index (χ1v) is 7.48. The number of halogens is 1. The van der Waals surface area contributed by atoms with Gasteiger partial charge in [-0.05, 0) is 12.1 Å². The lowest BCUT2D eigenvalue weighted by molar-refractivity contribution is 0.460. The van der Waals surface area contributed by atoms with Crippen LogP contribution in [0, 0.1) is 0 Å². The van der Waals surface area contributed by atoms with Crippen LogP contribution in [0.4, 0.5) is 11.7 Å². The van der Waals surface area contributed by atoms with Crippen molar-refractivity contribution in [2.24, 2.45) is 0 Å². The van der Waals surface area contributed by atoms with E-state index in [1.165, 1.54) is 0 Å². The molecule has 0 saturated carbocycles. The van der Waals surface area contributed by atoms with Crippen LogP contribution in [0.1, 0.15) is 19.7 Å². The van der Waals surface area contributed by atoms with Crippen LogP contribution in [-0.4, -0.2) is 25.0 Å². The quantitative estimate of drug-likeness (QED) is 0.745. The predicted octanol–water partition coefficient (Wildman–Crippen LogP) is 2.97. The molecule has 0 spiro atoms. The van der Waals surface area contributed by atoms with E-state index in [0.717, 1.165) is 17.2 Å². The lowest BCUT2D eigenvalue weighted by Gasteiger charge is -2.05. The summed E-state index contributed by atoms with van der Waals surface area (Å²) < 4.78 is 13.9. The van der Waals surface area contributed by atoms with Crippen LogP contribution in [-0.2, 0) is 6.54 Å². The topological polar surface area (TPSA) is 88.8 Å². The first-order chi connectivity index (χ1) is 10.1. The Hall–Kier alpha value is -1.77. The van der Waals surface area contributed by atoms with Gasteiger partial charge in [0, 0.05) is 6.04 Å². The average Bonchev–Trinajstić information content (AvgIpc) is 3.08. The van der Waals surface area contributed by atoms with Crippen molar-refractivity contribution in [2.45, 2.75) is 26.4 Å². The summed E-state index contributed by atoms with van der Waals surface area (Å²) >= 11 is 7.32. The van der Waals surface area contributed by atoms with Crippen molar-refractivity contribution in [2.75, 3.05) is 5.32 Å². The molecule has 0 unspecified atom stereocenters. The molecule has 21 heavy (non-hydrogen) atoms. The van der Waals surface area contributed by atoms with Gasteiger partial charge in [-0.15, -0.1) is 5.10 Å². The van der Waals surface area contributed by atoms with E-state index in [2.05, 4.69) is 29.6 Å². The van der Waals surface area contributed by atoms with Gasteiger partial charge in [0.2, 0.25) is 5.89 Å². The minimum atomic E-state index is 0.276. The maximum atomic E-state index is 6.19. The smallest absolute Gasteiger partial charge is 0.320 e. The van der Waals surface area contributed by atoms with Crippen LogP contribution in [0.25, 0.3) is 11.0 Å². The van der Waals surface area contributed by atoms with E-state index in [1.54, 1.807) is 6.07 Å². The SMILES string of the molecule is CC(C)NCc1nnc(Nc2c(Cl)ccc3nsnc23)o1. The third-order valence-electron chi connectivity index (χ3n) is 2.74. The number of rotatable bonds is 5. The van der Waals surface area contributed by atoms with Crippen molar-refractivity contribution in [3.63, 3.8) is 0 Å². The van der Waals surface area contributed by atoms with E-state index in [4.69, 9.17) is 16.0 Å². The Balaban J connectivity index is 1.82. The number of aromatic nitrogens is 4. The number of nitrogens with one attached hydrogen (secondary N) is 2. The van der Waals surface area contributed by atoms with Gasteiger partial charge in [-0.2, -0.15) is 8.75 Å². The zero-order chi connectivity index (χ0) is 14.8. The van der Waals surface area contributed by atoms with E-state index >= 15 is 0 Å². The van der Waals surface area contributed by atoms with Gasteiger partial charge in [-0.1, -0.05) is 30.5 Å². The van der Waals surface area contributed by atoms with E-state index in [1.807, 2.05) is 19.9 Å². The molecule has 0 fully saturated rings. The molecule has 2 heterocycles. The molecule has 0 saturated heterocycles. The Kier molecular flexibility index (Phi) is 4.00. The molecule has 1 aromatic carbocycles. The van der Waals surface area contributed by atoms with Gasteiger partial charge in [0.1, 0.15) is 11.0 Å². The second-order valence-corrected chi connectivity index (χ2v) is 5.65. The highest BCUT2D eigenvalue weighted by molar-refractivity contribution is 7.00. The fourth-order valence-corrected chi connectivity index (χ4v) is 2.46. The van der Waals surface area contributed by atoms with Gasteiger partial charge in [-0.3, -0.25) is 0 Å². The summed E-state index contributed by atoms with van der Waals surface area (Å²) in [6.45, 7) is 4.61. The molecule has 0 bridgehead atoms. The van der Waals surface area contributed by atoms with Gasteiger partial charge in [0.05, 0.1) is 29.0 Å². The van der Waals surface area contributed by atoms with Crippen LogP contribution < -0.4 is 10.6 Å². The zero-order valence-electron chi connectivity index (χ0n) is 11.4. The maximum Gasteiger partial charge on any atom is 0.320 e. The molecule has 9 heteroatoms. The van der Waals surface area contributed by atoms with Crippen LogP contribution >= 0.6 is 23.3 Å². The summed E-state index contributed by atoms with van der Waals surface area (Å²) in [5, 5.41) is 14.7. The Labute approximate surface area is 130 Å². The maximum absolute atomic E-state index is 6.19. The highest BCUT2D eigenvalue weighted by Gasteiger charge is 2.13. The third kappa shape index (κ3) is 3.12. The number of nitrogens with zero attached hydrogens (tertiary/aromatic N) is 4. The minimum absolute atomic E-state index is 0.276. The molecule has 7 nitrogen and oxygen atoms in total. The molecule has 0 atom stereocenters. The normalized spacial score (nSPS) is 11.4. The number of hydrogen-bond donors (Lipinski definition) is 2. The molecule has 3 rings (SSSR count). The van der Waals surface area contributed by atoms with Crippen LogP contribution in [0.15, 0.2) is 16.5 Å². The lowest BCUT2D eigenvalue weighted by Crippen LogP contribution is -2.21. The summed E-state index contributed by atoms with van der Waals surface area (Å²) in [6, 6.07) is 4.19. The second-order valence-electron chi connectivity index (χ2n) is 4.72. The molecular weight excluding hydrogens is 312 g/mol. The Morgan fingerprint density at radius 3 is 2.95 bits per heavy atom. The standard InChI is InChI=1S/C12H13ClN6OS/c1-6(2)14-5-9-16-17-12(20-9)15-10-7(13)3-4-8-11(10)19-21-18-8/h3-4,6,14H,5H2,1-2H3,(H,15,17). The molecule has 0 aliphatic rings. The average molecular weight is 325 g/mol. The number of anilines is 2. The second kappa shape index (κ2) is 5.92. The Bertz CT molecular complexity index is 755. The first-order valence-electron chi connectivity index (χ1n) is 6.37. The summed E-state index contributed by atoms with van der Waals surface area (Å²) in [4.78, 5) is 0. The number of hydrogen-bond acceptors (Lipinski definition) is 8. The van der Waals surface area contributed by atoms with Crippen molar-refractivity contribution >= 4 is 46.1 Å². The van der Waals surface area contributed by atoms with E-state index in [-0.39, 0.29) is 6.01 Å². The molecule has 2 N–H and O–H groups in total. The van der Waals surface area contributed by atoms with E-state index in [9.17, 15) is 0 Å². The number of fused-ring (bicyclic) bond motifs is 1. The van der Waals surface area contributed by atoms with Gasteiger partial charge in [-0.25, -0.2) is 0 Å². The highest BCUT2D eigenvalue weighted by atomic mass is 35.5. The molecule has 0 aliphatic heterocycles. The van der Waals surface area contributed by atoms with Crippen LogP contribution in [0.5, 0.6) is 0 Å². The molecule has 2 aromatic heterocycles. The lowest BCUT2D eigenvalue weighted by atomic mass is 10.2. The Morgan fingerprint density at radius 2 is 2.14 bits per heavy atom. The van der Waals surface area contributed by atoms with Crippen LogP contribution in [0.2, 0.25) is 5.02 Å². The Morgan fingerprint density at radius 1 is 1.29 bits per heavy atom. The van der Waals surface area contributed by atoms with E-state index < -0.39 is 0 Å². The molecule has 0 amide bonds. The van der Waals surface area contributed by atoms with Crippen molar-refractivity contribution in [3.05, 3.63) is 23.0 Å². The summed E-state index contributed by atoms with van der Waals surface area (Å²) in [6.07, 6.45) is 0. The van der Waals surface area contributed by atoms with Gasteiger partial charge in [0.15, 0.2) is 0 Å². The molecule has 0 radical (unpaired) electrons.